The molecular formula is C14H22N2O4S. The molecule has 2 rings (SSSR count). The molecule has 0 bridgehead atoms. The van der Waals surface area contributed by atoms with Gasteiger partial charge in [0.2, 0.25) is 5.91 Å². The van der Waals surface area contributed by atoms with Crippen molar-refractivity contribution in [2.75, 3.05) is 13.1 Å². The summed E-state index contributed by atoms with van der Waals surface area (Å²) in [6.07, 6.45) is 1.86. The third-order valence-electron chi connectivity index (χ3n) is 4.01. The van der Waals surface area contributed by atoms with Gasteiger partial charge >= 0.3 is 0 Å². The molecule has 1 amide bonds. The molecule has 2 heterocycles. The molecule has 1 aromatic heterocycles. The van der Waals surface area contributed by atoms with Crippen LogP contribution in [-0.2, 0) is 20.4 Å². The van der Waals surface area contributed by atoms with Gasteiger partial charge in [-0.05, 0) is 32.6 Å². The maximum Gasteiger partial charge on any atom is 0.240 e. The normalized spacial score (nSPS) is 18.7. The van der Waals surface area contributed by atoms with Crippen molar-refractivity contribution in [1.82, 2.24) is 10.1 Å². The Balaban J connectivity index is 2.03. The number of carbonyl (C=O) groups excluding carboxylic acids is 1. The zero-order valence-electron chi connectivity index (χ0n) is 12.7. The van der Waals surface area contributed by atoms with Crippen LogP contribution in [0.15, 0.2) is 10.6 Å². The van der Waals surface area contributed by atoms with E-state index in [1.165, 1.54) is 6.92 Å². The van der Waals surface area contributed by atoms with Gasteiger partial charge in [-0.3, -0.25) is 4.79 Å². The Kier molecular flexibility index (Phi) is 4.70. The van der Waals surface area contributed by atoms with Crippen LogP contribution in [0.1, 0.15) is 38.1 Å². The zero-order valence-corrected chi connectivity index (χ0v) is 13.5. The molecule has 6 nitrogen and oxygen atoms in total. The van der Waals surface area contributed by atoms with Gasteiger partial charge in [0, 0.05) is 19.2 Å². The largest absolute Gasteiger partial charge is 0.361 e. The van der Waals surface area contributed by atoms with Gasteiger partial charge in [0.25, 0.3) is 0 Å². The van der Waals surface area contributed by atoms with Gasteiger partial charge in [0.05, 0.1) is 11.4 Å². The Morgan fingerprint density at radius 2 is 2.10 bits per heavy atom. The number of carbonyl (C=O) groups is 1. The summed E-state index contributed by atoms with van der Waals surface area (Å²) in [7, 11) is -3.58. The molecule has 0 aromatic carbocycles. The Hall–Kier alpha value is -1.37. The number of amides is 1. The second kappa shape index (κ2) is 6.17. The van der Waals surface area contributed by atoms with Gasteiger partial charge < -0.3 is 9.42 Å². The molecule has 1 aliphatic heterocycles. The zero-order chi connectivity index (χ0) is 15.6. The van der Waals surface area contributed by atoms with Crippen LogP contribution in [0.5, 0.6) is 0 Å². The molecule has 118 valence electrons. The van der Waals surface area contributed by atoms with E-state index in [-0.39, 0.29) is 11.7 Å². The quantitative estimate of drug-likeness (QED) is 0.842. The predicted molar refractivity (Wildman–Crippen MR) is 78.3 cm³/mol. The maximum atomic E-state index is 12.3. The van der Waals surface area contributed by atoms with Crippen LogP contribution in [-0.4, -0.2) is 42.7 Å². The van der Waals surface area contributed by atoms with E-state index in [1.807, 2.05) is 0 Å². The first-order valence-corrected chi connectivity index (χ1v) is 8.93. The second-order valence-electron chi connectivity index (χ2n) is 5.89. The highest BCUT2D eigenvalue weighted by Gasteiger charge is 2.33. The first-order chi connectivity index (χ1) is 9.79. The Morgan fingerprint density at radius 3 is 2.62 bits per heavy atom. The van der Waals surface area contributed by atoms with Crippen LogP contribution < -0.4 is 0 Å². The second-order valence-corrected chi connectivity index (χ2v) is 8.21. The minimum Gasteiger partial charge on any atom is -0.361 e. The van der Waals surface area contributed by atoms with E-state index in [2.05, 4.69) is 12.1 Å². The van der Waals surface area contributed by atoms with E-state index in [4.69, 9.17) is 4.52 Å². The minimum atomic E-state index is -3.58. The first-order valence-electron chi connectivity index (χ1n) is 7.22. The first kappa shape index (κ1) is 16.0. The standard InChI is InChI=1S/C14H22N2O4S/c1-10-4-6-16(7-5-10)14(17)12(3)21(18,19)9-13-8-11(2)20-15-13/h8,10,12H,4-7,9H2,1-3H3/t12-/m1/s1. The van der Waals surface area contributed by atoms with Crippen molar-refractivity contribution in [1.29, 1.82) is 0 Å². The van der Waals surface area contributed by atoms with Crippen molar-refractivity contribution >= 4 is 15.7 Å². The molecule has 0 N–H and O–H groups in total. The highest BCUT2D eigenvalue weighted by Crippen LogP contribution is 2.19. The van der Waals surface area contributed by atoms with Crippen LogP contribution in [0, 0.1) is 12.8 Å². The van der Waals surface area contributed by atoms with E-state index >= 15 is 0 Å². The van der Waals surface area contributed by atoms with E-state index in [1.54, 1.807) is 17.9 Å². The predicted octanol–water partition coefficient (Wildman–Crippen LogP) is 1.54. The molecule has 1 aliphatic rings. The van der Waals surface area contributed by atoms with E-state index < -0.39 is 15.1 Å². The van der Waals surface area contributed by atoms with Crippen molar-refractivity contribution in [3.05, 3.63) is 17.5 Å². The van der Waals surface area contributed by atoms with E-state index in [0.29, 0.717) is 30.5 Å². The van der Waals surface area contributed by atoms with Crippen molar-refractivity contribution in [2.45, 2.75) is 44.6 Å². The number of nitrogens with zero attached hydrogens (tertiary/aromatic N) is 2. The number of rotatable bonds is 4. The Bertz CT molecular complexity index is 600. The summed E-state index contributed by atoms with van der Waals surface area (Å²) in [4.78, 5) is 14.0. The monoisotopic (exact) mass is 314 g/mol. The Labute approximate surface area is 125 Å². The number of aryl methyl sites for hydroxylation is 1. The van der Waals surface area contributed by atoms with Gasteiger partial charge in [0.1, 0.15) is 11.0 Å². The molecule has 0 unspecified atom stereocenters. The number of hydrogen-bond acceptors (Lipinski definition) is 5. The molecule has 0 saturated carbocycles. The lowest BCUT2D eigenvalue weighted by atomic mass is 9.99. The smallest absolute Gasteiger partial charge is 0.240 e. The van der Waals surface area contributed by atoms with Crippen LogP contribution in [0.4, 0.5) is 0 Å². The SMILES string of the molecule is Cc1cc(CS(=O)(=O)[C@H](C)C(=O)N2CCC(C)CC2)no1. The fraction of sp³-hybridized carbons (Fsp3) is 0.714. The summed E-state index contributed by atoms with van der Waals surface area (Å²) in [6.45, 7) is 6.59. The van der Waals surface area contributed by atoms with Crippen molar-refractivity contribution in [2.24, 2.45) is 5.92 Å². The number of sulfone groups is 1. The molecule has 1 aromatic rings. The number of piperidine rings is 1. The highest BCUT2D eigenvalue weighted by molar-refractivity contribution is 7.92. The van der Waals surface area contributed by atoms with Crippen molar-refractivity contribution < 1.29 is 17.7 Å². The third kappa shape index (κ3) is 3.84. The van der Waals surface area contributed by atoms with Gasteiger partial charge in [-0.2, -0.15) is 0 Å². The van der Waals surface area contributed by atoms with Gasteiger partial charge in [0.15, 0.2) is 9.84 Å². The summed E-state index contributed by atoms with van der Waals surface area (Å²) in [5, 5.41) is 2.65. The molecule has 1 fully saturated rings. The lowest BCUT2D eigenvalue weighted by Gasteiger charge is -2.32. The fourth-order valence-electron chi connectivity index (χ4n) is 2.46. The van der Waals surface area contributed by atoms with Crippen LogP contribution >= 0.6 is 0 Å². The molecule has 1 atom stereocenters. The summed E-state index contributed by atoms with van der Waals surface area (Å²) < 4.78 is 29.5. The number of likely N-dealkylation sites (tertiary alicyclic amines) is 1. The van der Waals surface area contributed by atoms with Crippen LogP contribution in [0.25, 0.3) is 0 Å². The van der Waals surface area contributed by atoms with Crippen molar-refractivity contribution in [3.8, 4) is 0 Å². The molecule has 7 heteroatoms. The summed E-state index contributed by atoms with van der Waals surface area (Å²) in [5.41, 5.74) is 0.347. The van der Waals surface area contributed by atoms with Crippen LogP contribution in [0.3, 0.4) is 0 Å². The van der Waals surface area contributed by atoms with Crippen molar-refractivity contribution in [3.63, 3.8) is 0 Å². The molecular weight excluding hydrogens is 292 g/mol. The minimum absolute atomic E-state index is 0.262. The average Bonchev–Trinajstić information content (AvgIpc) is 2.82. The maximum absolute atomic E-state index is 12.3. The molecule has 0 aliphatic carbocycles. The lowest BCUT2D eigenvalue weighted by molar-refractivity contribution is -0.131. The average molecular weight is 314 g/mol. The van der Waals surface area contributed by atoms with Gasteiger partial charge in [-0.1, -0.05) is 12.1 Å². The molecule has 21 heavy (non-hydrogen) atoms. The topological polar surface area (TPSA) is 80.5 Å². The molecule has 0 spiro atoms. The van der Waals surface area contributed by atoms with Gasteiger partial charge in [-0.25, -0.2) is 8.42 Å². The van der Waals surface area contributed by atoms with E-state index in [0.717, 1.165) is 12.8 Å². The summed E-state index contributed by atoms with van der Waals surface area (Å²) >= 11 is 0. The number of aromatic nitrogens is 1. The fourth-order valence-corrected chi connectivity index (χ4v) is 3.71. The van der Waals surface area contributed by atoms with Gasteiger partial charge in [-0.15, -0.1) is 0 Å². The van der Waals surface area contributed by atoms with Crippen LogP contribution in [0.2, 0.25) is 0 Å². The lowest BCUT2D eigenvalue weighted by Crippen LogP contribution is -2.45. The third-order valence-corrected chi connectivity index (χ3v) is 5.98. The molecule has 1 saturated heterocycles. The Morgan fingerprint density at radius 1 is 1.48 bits per heavy atom. The highest BCUT2D eigenvalue weighted by atomic mass is 32.2. The summed E-state index contributed by atoms with van der Waals surface area (Å²) in [6, 6.07) is 1.58. The summed E-state index contributed by atoms with van der Waals surface area (Å²) in [5.74, 6) is 0.590. The number of hydrogen-bond donors (Lipinski definition) is 0. The van der Waals surface area contributed by atoms with E-state index in [9.17, 15) is 13.2 Å². The molecule has 0 radical (unpaired) electrons.